The van der Waals surface area contributed by atoms with Crippen LogP contribution in [0.1, 0.15) is 28.4 Å². The van der Waals surface area contributed by atoms with Crippen molar-refractivity contribution in [1.29, 1.82) is 0 Å². The zero-order chi connectivity index (χ0) is 23.2. The first-order valence-electron chi connectivity index (χ1n) is 11.5. The molecule has 2 aliphatic heterocycles. The Morgan fingerprint density at radius 2 is 1.68 bits per heavy atom. The number of para-hydroxylation sites is 1. The SMILES string of the molecule is COc1ccc([C@@H]2c3[nH]c4ccccc4c3C[C@H]3C(=O)N(Cc4ccccc4)CC(=O)N23)cc1. The lowest BCUT2D eigenvalue weighted by molar-refractivity contribution is -0.159. The molecule has 1 saturated heterocycles. The van der Waals surface area contributed by atoms with Gasteiger partial charge in [-0.05, 0) is 34.9 Å². The molecule has 1 aromatic heterocycles. The summed E-state index contributed by atoms with van der Waals surface area (Å²) in [5.41, 5.74) is 5.09. The van der Waals surface area contributed by atoms with Crippen molar-refractivity contribution in [2.24, 2.45) is 0 Å². The summed E-state index contributed by atoms with van der Waals surface area (Å²) in [6, 6.07) is 24.9. The fourth-order valence-electron chi connectivity index (χ4n) is 5.39. The summed E-state index contributed by atoms with van der Waals surface area (Å²) < 4.78 is 5.34. The van der Waals surface area contributed by atoms with E-state index >= 15 is 0 Å². The van der Waals surface area contributed by atoms with Crippen molar-refractivity contribution in [2.75, 3.05) is 13.7 Å². The number of benzene rings is 3. The number of nitrogens with one attached hydrogen (secondary N) is 1. The molecule has 0 radical (unpaired) electrons. The second-order valence-corrected chi connectivity index (χ2v) is 8.94. The number of aromatic amines is 1. The highest BCUT2D eigenvalue weighted by molar-refractivity contribution is 5.97. The molecule has 170 valence electrons. The minimum atomic E-state index is -0.538. The standard InChI is InChI=1S/C28H25N3O3/c1-34-20-13-11-19(12-14-20)27-26-22(21-9-5-6-10-23(21)29-26)15-24-28(33)30(17-25(32)31(24)27)16-18-7-3-2-4-8-18/h2-14,24,27,29H,15-17H2,1H3/t24-,27+/m0/s1. The van der Waals surface area contributed by atoms with E-state index in [9.17, 15) is 9.59 Å². The van der Waals surface area contributed by atoms with Gasteiger partial charge in [-0.2, -0.15) is 0 Å². The molecule has 3 heterocycles. The third kappa shape index (κ3) is 3.25. The molecule has 0 unspecified atom stereocenters. The van der Waals surface area contributed by atoms with Gasteiger partial charge >= 0.3 is 0 Å². The third-order valence-electron chi connectivity index (χ3n) is 6.99. The number of nitrogens with zero attached hydrogens (tertiary/aromatic N) is 2. The van der Waals surface area contributed by atoms with Crippen LogP contribution in [0.5, 0.6) is 5.75 Å². The predicted molar refractivity (Wildman–Crippen MR) is 129 cm³/mol. The van der Waals surface area contributed by atoms with Crippen LogP contribution < -0.4 is 4.74 Å². The summed E-state index contributed by atoms with van der Waals surface area (Å²) in [6.45, 7) is 0.510. The molecule has 2 aliphatic rings. The minimum Gasteiger partial charge on any atom is -0.497 e. The number of H-pyrrole nitrogens is 1. The molecule has 0 aliphatic carbocycles. The summed E-state index contributed by atoms with van der Waals surface area (Å²) in [5, 5.41) is 1.11. The topological polar surface area (TPSA) is 65.6 Å². The average molecular weight is 452 g/mol. The molecule has 1 N–H and O–H groups in total. The number of fused-ring (bicyclic) bond motifs is 4. The highest BCUT2D eigenvalue weighted by Crippen LogP contribution is 2.42. The molecule has 34 heavy (non-hydrogen) atoms. The maximum absolute atomic E-state index is 13.8. The van der Waals surface area contributed by atoms with Gasteiger partial charge in [0.1, 0.15) is 18.3 Å². The third-order valence-corrected chi connectivity index (χ3v) is 6.99. The van der Waals surface area contributed by atoms with Crippen LogP contribution in [0.4, 0.5) is 0 Å². The average Bonchev–Trinajstić information content (AvgIpc) is 3.25. The van der Waals surface area contributed by atoms with Gasteiger partial charge in [-0.25, -0.2) is 0 Å². The van der Waals surface area contributed by atoms with Gasteiger partial charge in [-0.1, -0.05) is 60.7 Å². The van der Waals surface area contributed by atoms with Crippen molar-refractivity contribution in [3.8, 4) is 5.75 Å². The van der Waals surface area contributed by atoms with Crippen LogP contribution in [0.25, 0.3) is 10.9 Å². The molecule has 0 bridgehead atoms. The minimum absolute atomic E-state index is 0.00195. The van der Waals surface area contributed by atoms with Crippen molar-refractivity contribution >= 4 is 22.7 Å². The van der Waals surface area contributed by atoms with Crippen molar-refractivity contribution in [3.05, 3.63) is 101 Å². The number of ether oxygens (including phenoxy) is 1. The predicted octanol–water partition coefficient (Wildman–Crippen LogP) is 4.06. The maximum Gasteiger partial charge on any atom is 0.246 e. The van der Waals surface area contributed by atoms with Gasteiger partial charge < -0.3 is 19.5 Å². The Bertz CT molecular complexity index is 1380. The molecule has 6 nitrogen and oxygen atoms in total. The van der Waals surface area contributed by atoms with E-state index in [2.05, 4.69) is 11.1 Å². The lowest BCUT2D eigenvalue weighted by atomic mass is 9.86. The largest absolute Gasteiger partial charge is 0.497 e. The quantitative estimate of drug-likeness (QED) is 0.509. The van der Waals surface area contributed by atoms with Crippen LogP contribution in [0.2, 0.25) is 0 Å². The van der Waals surface area contributed by atoms with Crippen LogP contribution in [-0.4, -0.2) is 46.3 Å². The Morgan fingerprint density at radius 3 is 2.44 bits per heavy atom. The van der Waals surface area contributed by atoms with Gasteiger partial charge in [-0.15, -0.1) is 0 Å². The van der Waals surface area contributed by atoms with Crippen molar-refractivity contribution in [1.82, 2.24) is 14.8 Å². The number of hydrogen-bond acceptors (Lipinski definition) is 3. The van der Waals surface area contributed by atoms with E-state index in [4.69, 9.17) is 4.74 Å². The van der Waals surface area contributed by atoms with E-state index in [0.29, 0.717) is 13.0 Å². The van der Waals surface area contributed by atoms with E-state index in [1.807, 2.05) is 72.8 Å². The lowest BCUT2D eigenvalue weighted by Gasteiger charge is -2.47. The van der Waals surface area contributed by atoms with Crippen molar-refractivity contribution in [3.63, 3.8) is 0 Å². The number of amides is 2. The molecule has 4 aromatic rings. The zero-order valence-electron chi connectivity index (χ0n) is 18.9. The van der Waals surface area contributed by atoms with Gasteiger partial charge in [0.15, 0.2) is 0 Å². The number of piperazine rings is 1. The normalized spacial score (nSPS) is 19.8. The molecule has 6 heteroatoms. The Labute approximate surface area is 197 Å². The monoisotopic (exact) mass is 451 g/mol. The van der Waals surface area contributed by atoms with Crippen molar-refractivity contribution < 1.29 is 14.3 Å². The molecule has 3 aromatic carbocycles. The van der Waals surface area contributed by atoms with E-state index < -0.39 is 6.04 Å². The first-order valence-corrected chi connectivity index (χ1v) is 11.5. The molecule has 2 atom stereocenters. The van der Waals surface area contributed by atoms with Gasteiger partial charge in [0.25, 0.3) is 0 Å². The van der Waals surface area contributed by atoms with Crippen LogP contribution in [-0.2, 0) is 22.6 Å². The summed E-state index contributed by atoms with van der Waals surface area (Å²) in [6.07, 6.45) is 0.502. The van der Waals surface area contributed by atoms with Crippen LogP contribution >= 0.6 is 0 Å². The highest BCUT2D eigenvalue weighted by atomic mass is 16.5. The Hall–Kier alpha value is -4.06. The Kier molecular flexibility index (Phi) is 4.87. The first kappa shape index (κ1) is 20.5. The van der Waals surface area contributed by atoms with E-state index in [-0.39, 0.29) is 24.4 Å². The molecular formula is C28H25N3O3. The molecule has 2 amide bonds. The lowest BCUT2D eigenvalue weighted by Crippen LogP contribution is -2.62. The molecular weight excluding hydrogens is 426 g/mol. The summed E-state index contributed by atoms with van der Waals surface area (Å²) in [5.74, 6) is 0.714. The number of hydrogen-bond donors (Lipinski definition) is 1. The molecule has 0 saturated carbocycles. The van der Waals surface area contributed by atoms with Gasteiger partial charge in [-0.3, -0.25) is 9.59 Å². The summed E-state index contributed by atoms with van der Waals surface area (Å²) in [4.78, 5) is 34.4. The summed E-state index contributed by atoms with van der Waals surface area (Å²) >= 11 is 0. The maximum atomic E-state index is 13.8. The van der Waals surface area contributed by atoms with Gasteiger partial charge in [0, 0.05) is 29.6 Å². The number of methoxy groups -OCH3 is 1. The van der Waals surface area contributed by atoms with Gasteiger partial charge in [0.2, 0.25) is 11.8 Å². The Balaban J connectivity index is 1.45. The summed E-state index contributed by atoms with van der Waals surface area (Å²) in [7, 11) is 1.63. The molecule has 0 spiro atoms. The number of carbonyl (C=O) groups excluding carboxylic acids is 2. The van der Waals surface area contributed by atoms with Crippen LogP contribution in [0, 0.1) is 0 Å². The van der Waals surface area contributed by atoms with Gasteiger partial charge in [0.05, 0.1) is 13.2 Å². The first-order chi connectivity index (χ1) is 16.6. The van der Waals surface area contributed by atoms with E-state index in [1.54, 1.807) is 16.9 Å². The van der Waals surface area contributed by atoms with Crippen LogP contribution in [0.15, 0.2) is 78.9 Å². The number of rotatable bonds is 4. The second kappa shape index (κ2) is 8.06. The fourth-order valence-corrected chi connectivity index (χ4v) is 5.39. The zero-order valence-corrected chi connectivity index (χ0v) is 18.9. The number of carbonyl (C=O) groups is 2. The van der Waals surface area contributed by atoms with E-state index in [0.717, 1.165) is 39.0 Å². The molecule has 1 fully saturated rings. The van der Waals surface area contributed by atoms with Crippen LogP contribution in [0.3, 0.4) is 0 Å². The Morgan fingerprint density at radius 1 is 0.941 bits per heavy atom. The van der Waals surface area contributed by atoms with E-state index in [1.165, 1.54) is 0 Å². The number of aromatic nitrogens is 1. The second-order valence-electron chi connectivity index (χ2n) is 8.94. The molecule has 6 rings (SSSR count). The smallest absolute Gasteiger partial charge is 0.246 e. The fraction of sp³-hybridized carbons (Fsp3) is 0.214. The highest BCUT2D eigenvalue weighted by Gasteiger charge is 2.48. The van der Waals surface area contributed by atoms with Crippen molar-refractivity contribution in [2.45, 2.75) is 25.0 Å².